The van der Waals surface area contributed by atoms with Gasteiger partial charge in [-0.2, -0.15) is 0 Å². The van der Waals surface area contributed by atoms with Crippen LogP contribution in [0.25, 0.3) is 0 Å². The number of likely N-dealkylation sites (N-methyl/N-ethyl adjacent to an activating group) is 1. The van der Waals surface area contributed by atoms with E-state index < -0.39 is 11.8 Å². The van der Waals surface area contributed by atoms with Crippen molar-refractivity contribution in [1.29, 1.82) is 0 Å². The highest BCUT2D eigenvalue weighted by atomic mass is 32.1. The Morgan fingerprint density at radius 2 is 2.23 bits per heavy atom. The van der Waals surface area contributed by atoms with Gasteiger partial charge in [0.15, 0.2) is 0 Å². The molecule has 70 valence electrons. The van der Waals surface area contributed by atoms with Crippen molar-refractivity contribution >= 4 is 28.3 Å². The fraction of sp³-hybridized carbons (Fsp3) is 0.333. The Morgan fingerprint density at radius 3 is 2.69 bits per heavy atom. The minimum Gasteiger partial charge on any atom is -0.341 e. The zero-order valence-corrected chi connectivity index (χ0v) is 7.96. The number of hydrogen-bond acceptors (Lipinski definition) is 5. The third-order valence-electron chi connectivity index (χ3n) is 1.18. The molecule has 13 heavy (non-hydrogen) atoms. The Labute approximate surface area is 78.6 Å². The van der Waals surface area contributed by atoms with E-state index in [2.05, 4.69) is 15.5 Å². The van der Waals surface area contributed by atoms with Crippen molar-refractivity contribution < 1.29 is 9.59 Å². The van der Waals surface area contributed by atoms with Crippen molar-refractivity contribution in [2.45, 2.75) is 0 Å². The van der Waals surface area contributed by atoms with E-state index in [1.807, 2.05) is 0 Å². The Morgan fingerprint density at radius 1 is 1.54 bits per heavy atom. The molecule has 0 saturated heterocycles. The van der Waals surface area contributed by atoms with Crippen LogP contribution in [0.3, 0.4) is 0 Å². The van der Waals surface area contributed by atoms with Gasteiger partial charge in [0.2, 0.25) is 5.13 Å². The monoisotopic (exact) mass is 200 g/mol. The molecular weight excluding hydrogens is 192 g/mol. The van der Waals surface area contributed by atoms with Crippen LogP contribution in [-0.2, 0) is 9.59 Å². The van der Waals surface area contributed by atoms with E-state index in [0.717, 1.165) is 11.3 Å². The Kier molecular flexibility index (Phi) is 2.91. The SMILES string of the molecule is CN(C)C(=O)C(=O)Nc1nncs1. The molecule has 1 rings (SSSR count). The van der Waals surface area contributed by atoms with Crippen molar-refractivity contribution in [3.8, 4) is 0 Å². The zero-order chi connectivity index (χ0) is 9.84. The first-order chi connectivity index (χ1) is 6.11. The summed E-state index contributed by atoms with van der Waals surface area (Å²) in [7, 11) is 3.00. The molecule has 1 N–H and O–H groups in total. The lowest BCUT2D eigenvalue weighted by Crippen LogP contribution is -2.34. The molecule has 0 unspecified atom stereocenters. The van der Waals surface area contributed by atoms with Crippen LogP contribution in [0.2, 0.25) is 0 Å². The molecule has 6 nitrogen and oxygen atoms in total. The number of carbonyl (C=O) groups is 2. The highest BCUT2D eigenvalue weighted by Crippen LogP contribution is 2.07. The first-order valence-corrected chi connectivity index (χ1v) is 4.28. The van der Waals surface area contributed by atoms with E-state index in [-0.39, 0.29) is 0 Å². The van der Waals surface area contributed by atoms with Crippen LogP contribution in [0.5, 0.6) is 0 Å². The molecule has 0 fully saturated rings. The smallest absolute Gasteiger partial charge is 0.315 e. The van der Waals surface area contributed by atoms with Crippen LogP contribution in [0.1, 0.15) is 0 Å². The highest BCUT2D eigenvalue weighted by Gasteiger charge is 2.16. The van der Waals surface area contributed by atoms with Gasteiger partial charge in [0.1, 0.15) is 5.51 Å². The van der Waals surface area contributed by atoms with Crippen molar-refractivity contribution in [3.63, 3.8) is 0 Å². The van der Waals surface area contributed by atoms with Gasteiger partial charge in [0.25, 0.3) is 0 Å². The minimum atomic E-state index is -0.707. The van der Waals surface area contributed by atoms with E-state index in [1.165, 1.54) is 24.5 Å². The number of anilines is 1. The molecule has 7 heteroatoms. The lowest BCUT2D eigenvalue weighted by molar-refractivity contribution is -0.141. The van der Waals surface area contributed by atoms with Gasteiger partial charge in [0.05, 0.1) is 0 Å². The van der Waals surface area contributed by atoms with E-state index >= 15 is 0 Å². The number of carbonyl (C=O) groups excluding carboxylic acids is 2. The van der Waals surface area contributed by atoms with E-state index in [1.54, 1.807) is 0 Å². The number of hydrogen-bond donors (Lipinski definition) is 1. The first-order valence-electron chi connectivity index (χ1n) is 3.40. The van der Waals surface area contributed by atoms with Crippen molar-refractivity contribution in [2.75, 3.05) is 19.4 Å². The van der Waals surface area contributed by atoms with Crippen LogP contribution in [0.4, 0.5) is 5.13 Å². The maximum Gasteiger partial charge on any atom is 0.315 e. The summed E-state index contributed by atoms with van der Waals surface area (Å²) >= 11 is 1.16. The van der Waals surface area contributed by atoms with Crippen LogP contribution in [0.15, 0.2) is 5.51 Å². The van der Waals surface area contributed by atoms with Gasteiger partial charge in [0, 0.05) is 14.1 Å². The topological polar surface area (TPSA) is 75.2 Å². The van der Waals surface area contributed by atoms with Gasteiger partial charge in [-0.25, -0.2) is 0 Å². The van der Waals surface area contributed by atoms with Crippen LogP contribution < -0.4 is 5.32 Å². The lowest BCUT2D eigenvalue weighted by Gasteiger charge is -2.07. The van der Waals surface area contributed by atoms with Crippen molar-refractivity contribution in [3.05, 3.63) is 5.51 Å². The third kappa shape index (κ3) is 2.48. The van der Waals surface area contributed by atoms with Crippen LogP contribution in [0, 0.1) is 0 Å². The van der Waals surface area contributed by atoms with Gasteiger partial charge >= 0.3 is 11.8 Å². The summed E-state index contributed by atoms with van der Waals surface area (Å²) < 4.78 is 0. The molecule has 0 aliphatic carbocycles. The molecule has 0 aliphatic rings. The normalized spacial score (nSPS) is 9.38. The minimum absolute atomic E-state index is 0.320. The van der Waals surface area contributed by atoms with Crippen LogP contribution in [-0.4, -0.2) is 41.0 Å². The summed E-state index contributed by atoms with van der Waals surface area (Å²) in [6, 6.07) is 0. The molecule has 0 saturated carbocycles. The number of nitrogens with zero attached hydrogens (tertiary/aromatic N) is 3. The summed E-state index contributed by atoms with van der Waals surface area (Å²) in [5.41, 5.74) is 1.47. The number of aromatic nitrogens is 2. The quantitative estimate of drug-likeness (QED) is 0.624. The molecule has 0 bridgehead atoms. The fourth-order valence-electron chi connectivity index (χ4n) is 0.581. The summed E-state index contributed by atoms with van der Waals surface area (Å²) in [6.45, 7) is 0. The highest BCUT2D eigenvalue weighted by molar-refractivity contribution is 7.13. The standard InChI is InChI=1S/C6H8N4O2S/c1-10(2)5(12)4(11)8-6-9-7-3-13-6/h3H,1-2H3,(H,8,9,11). The summed E-state index contributed by atoms with van der Waals surface area (Å²) in [5.74, 6) is -1.32. The Bertz CT molecular complexity index is 308. The average molecular weight is 200 g/mol. The van der Waals surface area contributed by atoms with E-state index in [9.17, 15) is 9.59 Å². The van der Waals surface area contributed by atoms with Crippen molar-refractivity contribution in [2.24, 2.45) is 0 Å². The maximum absolute atomic E-state index is 11.1. The largest absolute Gasteiger partial charge is 0.341 e. The molecule has 0 aliphatic heterocycles. The second-order valence-corrected chi connectivity index (χ2v) is 3.23. The molecule has 0 spiro atoms. The molecule has 0 aromatic carbocycles. The number of amides is 2. The van der Waals surface area contributed by atoms with Gasteiger partial charge in [-0.3, -0.25) is 14.9 Å². The molecular formula is C6H8N4O2S. The Hall–Kier alpha value is -1.50. The molecule has 2 amide bonds. The molecule has 1 aromatic heterocycles. The third-order valence-corrected chi connectivity index (χ3v) is 1.79. The average Bonchev–Trinajstić information content (AvgIpc) is 2.55. The summed E-state index contributed by atoms with van der Waals surface area (Å²) in [5, 5.41) is 9.71. The number of rotatable bonds is 1. The second-order valence-electron chi connectivity index (χ2n) is 2.40. The summed E-state index contributed by atoms with van der Waals surface area (Å²) in [6.07, 6.45) is 0. The second kappa shape index (κ2) is 3.94. The first kappa shape index (κ1) is 9.59. The molecule has 1 heterocycles. The molecule has 1 aromatic rings. The lowest BCUT2D eigenvalue weighted by atomic mass is 10.5. The molecule has 0 atom stereocenters. The van der Waals surface area contributed by atoms with Crippen LogP contribution >= 0.6 is 11.3 Å². The fourth-order valence-corrected chi connectivity index (χ4v) is 1.02. The zero-order valence-electron chi connectivity index (χ0n) is 7.14. The van der Waals surface area contributed by atoms with Crippen molar-refractivity contribution in [1.82, 2.24) is 15.1 Å². The van der Waals surface area contributed by atoms with Gasteiger partial charge in [-0.1, -0.05) is 11.3 Å². The van der Waals surface area contributed by atoms with E-state index in [0.29, 0.717) is 5.13 Å². The van der Waals surface area contributed by atoms with E-state index in [4.69, 9.17) is 0 Å². The molecule has 0 radical (unpaired) electrons. The predicted octanol–water partition coefficient (Wildman–Crippen LogP) is -0.435. The van der Waals surface area contributed by atoms with Gasteiger partial charge in [-0.05, 0) is 0 Å². The summed E-state index contributed by atoms with van der Waals surface area (Å²) in [4.78, 5) is 23.3. The van der Waals surface area contributed by atoms with Gasteiger partial charge < -0.3 is 4.90 Å². The number of nitrogens with one attached hydrogen (secondary N) is 1. The maximum atomic E-state index is 11.1. The Balaban J connectivity index is 2.56. The van der Waals surface area contributed by atoms with Gasteiger partial charge in [-0.15, -0.1) is 10.2 Å². The predicted molar refractivity (Wildman–Crippen MR) is 47.2 cm³/mol.